The zero-order chi connectivity index (χ0) is 7.68. The maximum absolute atomic E-state index is 5.41. The average molecular weight is 152 g/mol. The molecule has 0 spiro atoms. The van der Waals surface area contributed by atoms with Crippen molar-refractivity contribution in [2.75, 3.05) is 13.1 Å². The van der Waals surface area contributed by atoms with Gasteiger partial charge in [-0.05, 0) is 24.7 Å². The van der Waals surface area contributed by atoms with E-state index in [0.29, 0.717) is 0 Å². The molecule has 1 fully saturated rings. The van der Waals surface area contributed by atoms with Crippen molar-refractivity contribution >= 4 is 0 Å². The van der Waals surface area contributed by atoms with Gasteiger partial charge in [-0.25, -0.2) is 0 Å². The molecular formula is C9H16N2. The molecule has 1 saturated carbocycles. The van der Waals surface area contributed by atoms with Crippen LogP contribution in [-0.2, 0) is 0 Å². The van der Waals surface area contributed by atoms with Crippen LogP contribution < -0.4 is 11.1 Å². The fourth-order valence-electron chi connectivity index (χ4n) is 2.22. The summed E-state index contributed by atoms with van der Waals surface area (Å²) < 4.78 is 0. The Morgan fingerprint density at radius 1 is 1.55 bits per heavy atom. The molecule has 2 rings (SSSR count). The minimum atomic E-state index is 0.738. The van der Waals surface area contributed by atoms with Crippen LogP contribution in [0.25, 0.3) is 0 Å². The molecule has 3 atom stereocenters. The summed E-state index contributed by atoms with van der Waals surface area (Å²) in [5.41, 5.74) is 5.41. The minimum Gasteiger partial charge on any atom is -0.329 e. The molecular weight excluding hydrogens is 136 g/mol. The molecule has 0 aromatic heterocycles. The lowest BCUT2D eigenvalue weighted by Crippen LogP contribution is -2.49. The zero-order valence-electron chi connectivity index (χ0n) is 6.79. The number of fused-ring (bicyclic) bond motifs is 1. The Kier molecular flexibility index (Phi) is 1.96. The highest BCUT2D eigenvalue weighted by atomic mass is 15.0. The first-order valence-electron chi connectivity index (χ1n) is 4.52. The second kappa shape index (κ2) is 2.95. The van der Waals surface area contributed by atoms with E-state index < -0.39 is 0 Å². The van der Waals surface area contributed by atoms with Gasteiger partial charge in [-0.15, -0.1) is 0 Å². The molecule has 0 bridgehead atoms. The summed E-state index contributed by atoms with van der Waals surface area (Å²) in [4.78, 5) is 0. The third-order valence-electron chi connectivity index (χ3n) is 2.91. The molecule has 2 heteroatoms. The number of allylic oxidation sites excluding steroid dienone is 1. The second-order valence-electron chi connectivity index (χ2n) is 3.59. The monoisotopic (exact) mass is 152 g/mol. The lowest BCUT2D eigenvalue weighted by Gasteiger charge is -2.40. The third kappa shape index (κ3) is 1.21. The van der Waals surface area contributed by atoms with Gasteiger partial charge in [0.15, 0.2) is 0 Å². The molecule has 0 aliphatic heterocycles. The number of hydrogen-bond acceptors (Lipinski definition) is 2. The average Bonchev–Trinajstić information content (AvgIpc) is 2.33. The number of nitrogens with one attached hydrogen (secondary N) is 1. The summed E-state index contributed by atoms with van der Waals surface area (Å²) in [6.45, 7) is 1.74. The Hall–Kier alpha value is -0.340. The van der Waals surface area contributed by atoms with Gasteiger partial charge < -0.3 is 11.1 Å². The smallest absolute Gasteiger partial charge is 0.0136 e. The van der Waals surface area contributed by atoms with Crippen molar-refractivity contribution in [3.63, 3.8) is 0 Å². The van der Waals surface area contributed by atoms with Crippen molar-refractivity contribution in [3.05, 3.63) is 12.2 Å². The summed E-state index contributed by atoms with van der Waals surface area (Å²) in [5.74, 6) is 1.80. The highest BCUT2D eigenvalue weighted by Gasteiger charge is 2.40. The van der Waals surface area contributed by atoms with Crippen molar-refractivity contribution in [1.29, 1.82) is 0 Å². The van der Waals surface area contributed by atoms with Gasteiger partial charge in [0.1, 0.15) is 0 Å². The molecule has 0 saturated heterocycles. The molecule has 0 aromatic rings. The van der Waals surface area contributed by atoms with Gasteiger partial charge in [-0.2, -0.15) is 0 Å². The predicted octanol–water partition coefficient (Wildman–Crippen LogP) is 0.499. The summed E-state index contributed by atoms with van der Waals surface area (Å²) in [7, 11) is 0. The minimum absolute atomic E-state index is 0.738. The molecule has 3 N–H and O–H groups in total. The van der Waals surface area contributed by atoms with E-state index in [1.807, 2.05) is 0 Å². The highest BCUT2D eigenvalue weighted by molar-refractivity contribution is 5.12. The van der Waals surface area contributed by atoms with Gasteiger partial charge in [-0.1, -0.05) is 12.2 Å². The lowest BCUT2D eigenvalue weighted by molar-refractivity contribution is 0.165. The van der Waals surface area contributed by atoms with Crippen LogP contribution in [0.4, 0.5) is 0 Å². The molecule has 0 aromatic carbocycles. The van der Waals surface area contributed by atoms with E-state index in [0.717, 1.165) is 31.0 Å². The summed E-state index contributed by atoms with van der Waals surface area (Å²) >= 11 is 0. The van der Waals surface area contributed by atoms with Crippen LogP contribution in [0.5, 0.6) is 0 Å². The number of nitrogens with two attached hydrogens (primary N) is 1. The molecule has 0 radical (unpaired) electrons. The molecule has 0 heterocycles. The maximum Gasteiger partial charge on any atom is 0.0136 e. The van der Waals surface area contributed by atoms with Crippen LogP contribution in [0.2, 0.25) is 0 Å². The largest absolute Gasteiger partial charge is 0.329 e. The third-order valence-corrected chi connectivity index (χ3v) is 2.91. The fraction of sp³-hybridized carbons (Fsp3) is 0.778. The van der Waals surface area contributed by atoms with E-state index in [4.69, 9.17) is 5.73 Å². The maximum atomic E-state index is 5.41. The zero-order valence-corrected chi connectivity index (χ0v) is 6.79. The molecule has 2 aliphatic carbocycles. The SMILES string of the molecule is NCCNC1CC2CC=CC21. The van der Waals surface area contributed by atoms with E-state index in [1.54, 1.807) is 0 Å². The highest BCUT2D eigenvalue weighted by Crippen LogP contribution is 2.42. The van der Waals surface area contributed by atoms with Gasteiger partial charge in [0.2, 0.25) is 0 Å². The van der Waals surface area contributed by atoms with Gasteiger partial charge in [-0.3, -0.25) is 0 Å². The summed E-state index contributed by atoms with van der Waals surface area (Å²) in [6.07, 6.45) is 7.35. The molecule has 2 aliphatic rings. The Balaban J connectivity index is 1.77. The van der Waals surface area contributed by atoms with Crippen LogP contribution in [-0.4, -0.2) is 19.1 Å². The quantitative estimate of drug-likeness (QED) is 0.578. The Morgan fingerprint density at radius 3 is 3.18 bits per heavy atom. The van der Waals surface area contributed by atoms with Crippen LogP contribution in [0.3, 0.4) is 0 Å². The summed E-state index contributed by atoms with van der Waals surface area (Å²) in [5, 5.41) is 3.46. The second-order valence-corrected chi connectivity index (χ2v) is 3.59. The van der Waals surface area contributed by atoms with Crippen molar-refractivity contribution in [3.8, 4) is 0 Å². The first-order valence-corrected chi connectivity index (χ1v) is 4.52. The van der Waals surface area contributed by atoms with Crippen molar-refractivity contribution < 1.29 is 0 Å². The molecule has 62 valence electrons. The molecule has 2 nitrogen and oxygen atoms in total. The first kappa shape index (κ1) is 7.32. The Morgan fingerprint density at radius 2 is 2.45 bits per heavy atom. The van der Waals surface area contributed by atoms with Crippen LogP contribution >= 0.6 is 0 Å². The van der Waals surface area contributed by atoms with E-state index in [1.165, 1.54) is 12.8 Å². The normalized spacial score (nSPS) is 40.3. The Bertz CT molecular complexity index is 165. The van der Waals surface area contributed by atoms with Crippen molar-refractivity contribution in [1.82, 2.24) is 5.32 Å². The van der Waals surface area contributed by atoms with Crippen LogP contribution in [0.1, 0.15) is 12.8 Å². The van der Waals surface area contributed by atoms with E-state index in [9.17, 15) is 0 Å². The first-order chi connectivity index (χ1) is 5.42. The molecule has 0 amide bonds. The summed E-state index contributed by atoms with van der Waals surface area (Å²) in [6, 6.07) is 0.738. The fourth-order valence-corrected chi connectivity index (χ4v) is 2.22. The van der Waals surface area contributed by atoms with Gasteiger partial charge >= 0.3 is 0 Å². The van der Waals surface area contributed by atoms with Crippen LogP contribution in [0, 0.1) is 11.8 Å². The van der Waals surface area contributed by atoms with E-state index in [-0.39, 0.29) is 0 Å². The van der Waals surface area contributed by atoms with Gasteiger partial charge in [0.05, 0.1) is 0 Å². The number of hydrogen-bond donors (Lipinski definition) is 2. The van der Waals surface area contributed by atoms with Crippen LogP contribution in [0.15, 0.2) is 12.2 Å². The van der Waals surface area contributed by atoms with E-state index >= 15 is 0 Å². The Labute approximate surface area is 67.8 Å². The van der Waals surface area contributed by atoms with E-state index in [2.05, 4.69) is 17.5 Å². The van der Waals surface area contributed by atoms with Crippen molar-refractivity contribution in [2.24, 2.45) is 17.6 Å². The molecule has 3 unspecified atom stereocenters. The predicted molar refractivity (Wildman–Crippen MR) is 46.2 cm³/mol. The van der Waals surface area contributed by atoms with Crippen molar-refractivity contribution in [2.45, 2.75) is 18.9 Å². The standard InChI is InChI=1S/C9H16N2/c10-4-5-11-9-6-7-2-1-3-8(7)9/h1,3,7-9,11H,2,4-6,10H2. The van der Waals surface area contributed by atoms with Gasteiger partial charge in [0, 0.05) is 19.1 Å². The van der Waals surface area contributed by atoms with Gasteiger partial charge in [0.25, 0.3) is 0 Å². The topological polar surface area (TPSA) is 38.0 Å². The lowest BCUT2D eigenvalue weighted by atomic mass is 9.71. The number of rotatable bonds is 3. The molecule has 11 heavy (non-hydrogen) atoms.